The number of carbonyl (C=O) groups is 1. The highest BCUT2D eigenvalue weighted by Crippen LogP contribution is 2.15. The lowest BCUT2D eigenvalue weighted by Gasteiger charge is -2.33. The van der Waals surface area contributed by atoms with Crippen LogP contribution >= 0.6 is 0 Å². The lowest BCUT2D eigenvalue weighted by Crippen LogP contribution is -2.44. The first-order valence-corrected chi connectivity index (χ1v) is 6.91. The SMILES string of the molecule is CC1CCCCN1CCNC(=O)C1CCCO1. The van der Waals surface area contributed by atoms with Crippen molar-refractivity contribution in [1.82, 2.24) is 10.2 Å². The molecule has 2 aliphatic rings. The fourth-order valence-corrected chi connectivity index (χ4v) is 2.71. The topological polar surface area (TPSA) is 41.6 Å². The number of rotatable bonds is 4. The molecule has 0 spiro atoms. The number of nitrogens with one attached hydrogen (secondary N) is 1. The molecule has 2 rings (SSSR count). The monoisotopic (exact) mass is 240 g/mol. The van der Waals surface area contributed by atoms with E-state index in [1.54, 1.807) is 0 Å². The van der Waals surface area contributed by atoms with Gasteiger partial charge in [0, 0.05) is 25.7 Å². The number of amides is 1. The molecule has 0 radical (unpaired) electrons. The van der Waals surface area contributed by atoms with Gasteiger partial charge >= 0.3 is 0 Å². The van der Waals surface area contributed by atoms with E-state index in [1.165, 1.54) is 25.8 Å². The highest BCUT2D eigenvalue weighted by Gasteiger charge is 2.23. The Balaban J connectivity index is 1.63. The lowest BCUT2D eigenvalue weighted by molar-refractivity contribution is -0.130. The summed E-state index contributed by atoms with van der Waals surface area (Å²) < 4.78 is 5.35. The highest BCUT2D eigenvalue weighted by molar-refractivity contribution is 5.80. The van der Waals surface area contributed by atoms with Gasteiger partial charge in [-0.25, -0.2) is 0 Å². The second-order valence-electron chi connectivity index (χ2n) is 5.17. The molecule has 2 unspecified atom stereocenters. The second kappa shape index (κ2) is 6.36. The van der Waals surface area contributed by atoms with Crippen LogP contribution in [0.1, 0.15) is 39.0 Å². The number of ether oxygens (including phenoxy) is 1. The van der Waals surface area contributed by atoms with Crippen molar-refractivity contribution in [2.45, 2.75) is 51.2 Å². The Bertz CT molecular complexity index is 252. The van der Waals surface area contributed by atoms with E-state index < -0.39 is 0 Å². The molecule has 0 saturated carbocycles. The molecule has 1 N–H and O–H groups in total. The summed E-state index contributed by atoms with van der Waals surface area (Å²) in [4.78, 5) is 14.2. The van der Waals surface area contributed by atoms with Crippen LogP contribution in [-0.4, -0.2) is 49.2 Å². The van der Waals surface area contributed by atoms with Crippen molar-refractivity contribution < 1.29 is 9.53 Å². The molecule has 17 heavy (non-hydrogen) atoms. The van der Waals surface area contributed by atoms with Gasteiger partial charge in [-0.15, -0.1) is 0 Å². The van der Waals surface area contributed by atoms with Gasteiger partial charge < -0.3 is 10.1 Å². The number of hydrogen-bond donors (Lipinski definition) is 1. The van der Waals surface area contributed by atoms with Crippen molar-refractivity contribution in [3.63, 3.8) is 0 Å². The minimum absolute atomic E-state index is 0.0761. The summed E-state index contributed by atoms with van der Waals surface area (Å²) in [7, 11) is 0. The van der Waals surface area contributed by atoms with Crippen molar-refractivity contribution in [3.8, 4) is 0 Å². The normalized spacial score (nSPS) is 30.4. The maximum Gasteiger partial charge on any atom is 0.249 e. The van der Waals surface area contributed by atoms with E-state index in [0.29, 0.717) is 6.04 Å². The van der Waals surface area contributed by atoms with Crippen LogP contribution in [0.4, 0.5) is 0 Å². The van der Waals surface area contributed by atoms with Gasteiger partial charge in [0.25, 0.3) is 0 Å². The largest absolute Gasteiger partial charge is 0.368 e. The van der Waals surface area contributed by atoms with Crippen LogP contribution in [0.5, 0.6) is 0 Å². The zero-order valence-corrected chi connectivity index (χ0v) is 10.8. The summed E-state index contributed by atoms with van der Waals surface area (Å²) in [5.74, 6) is 0.0761. The van der Waals surface area contributed by atoms with Crippen molar-refractivity contribution in [3.05, 3.63) is 0 Å². The Morgan fingerprint density at radius 3 is 2.94 bits per heavy atom. The molecule has 4 nitrogen and oxygen atoms in total. The first-order chi connectivity index (χ1) is 8.27. The Morgan fingerprint density at radius 1 is 1.35 bits per heavy atom. The predicted octanol–water partition coefficient (Wildman–Crippen LogP) is 1.16. The lowest BCUT2D eigenvalue weighted by atomic mass is 10.0. The smallest absolute Gasteiger partial charge is 0.249 e. The van der Waals surface area contributed by atoms with Gasteiger partial charge in [-0.2, -0.15) is 0 Å². The van der Waals surface area contributed by atoms with E-state index >= 15 is 0 Å². The third-order valence-electron chi connectivity index (χ3n) is 3.86. The summed E-state index contributed by atoms with van der Waals surface area (Å²) in [6.07, 6.45) is 5.64. The van der Waals surface area contributed by atoms with Crippen LogP contribution in [0.25, 0.3) is 0 Å². The Hall–Kier alpha value is -0.610. The van der Waals surface area contributed by atoms with E-state index in [2.05, 4.69) is 17.1 Å². The molecule has 2 heterocycles. The fraction of sp³-hybridized carbons (Fsp3) is 0.923. The minimum Gasteiger partial charge on any atom is -0.368 e. The van der Waals surface area contributed by atoms with E-state index in [1.807, 2.05) is 0 Å². The zero-order valence-electron chi connectivity index (χ0n) is 10.8. The van der Waals surface area contributed by atoms with Crippen LogP contribution in [-0.2, 0) is 9.53 Å². The van der Waals surface area contributed by atoms with E-state index in [4.69, 9.17) is 4.74 Å². The quantitative estimate of drug-likeness (QED) is 0.801. The maximum absolute atomic E-state index is 11.7. The number of carbonyl (C=O) groups excluding carboxylic acids is 1. The van der Waals surface area contributed by atoms with Gasteiger partial charge in [0.05, 0.1) is 0 Å². The van der Waals surface area contributed by atoms with Crippen LogP contribution in [0.2, 0.25) is 0 Å². The summed E-state index contributed by atoms with van der Waals surface area (Å²) in [5.41, 5.74) is 0. The summed E-state index contributed by atoms with van der Waals surface area (Å²) in [6.45, 7) is 5.92. The average Bonchev–Trinajstić information content (AvgIpc) is 2.85. The summed E-state index contributed by atoms with van der Waals surface area (Å²) in [5, 5.41) is 2.99. The van der Waals surface area contributed by atoms with E-state index in [9.17, 15) is 4.79 Å². The van der Waals surface area contributed by atoms with Crippen molar-refractivity contribution >= 4 is 5.91 Å². The van der Waals surface area contributed by atoms with Gasteiger partial charge in [0.1, 0.15) is 6.10 Å². The molecule has 0 aliphatic carbocycles. The first kappa shape index (κ1) is 12.8. The Kier molecular flexibility index (Phi) is 4.80. The fourth-order valence-electron chi connectivity index (χ4n) is 2.71. The molecule has 2 fully saturated rings. The van der Waals surface area contributed by atoms with Gasteiger partial charge in [-0.3, -0.25) is 9.69 Å². The molecule has 4 heteroatoms. The third-order valence-corrected chi connectivity index (χ3v) is 3.86. The van der Waals surface area contributed by atoms with Gasteiger partial charge in [-0.1, -0.05) is 6.42 Å². The molecule has 2 atom stereocenters. The number of nitrogens with zero attached hydrogens (tertiary/aromatic N) is 1. The van der Waals surface area contributed by atoms with Crippen molar-refractivity contribution in [1.29, 1.82) is 0 Å². The van der Waals surface area contributed by atoms with Crippen LogP contribution < -0.4 is 5.32 Å². The average molecular weight is 240 g/mol. The zero-order chi connectivity index (χ0) is 12.1. The van der Waals surface area contributed by atoms with Crippen molar-refractivity contribution in [2.75, 3.05) is 26.2 Å². The highest BCUT2D eigenvalue weighted by atomic mass is 16.5. The molecule has 0 bridgehead atoms. The van der Waals surface area contributed by atoms with Crippen LogP contribution in [0.15, 0.2) is 0 Å². The molecule has 2 aliphatic heterocycles. The molecule has 2 saturated heterocycles. The molecule has 1 amide bonds. The Morgan fingerprint density at radius 2 is 2.24 bits per heavy atom. The van der Waals surface area contributed by atoms with Crippen LogP contribution in [0, 0.1) is 0 Å². The molecular weight excluding hydrogens is 216 g/mol. The number of likely N-dealkylation sites (tertiary alicyclic amines) is 1. The molecule has 98 valence electrons. The molecule has 0 aromatic rings. The summed E-state index contributed by atoms with van der Waals surface area (Å²) in [6, 6.07) is 0.670. The van der Waals surface area contributed by atoms with Crippen LogP contribution in [0.3, 0.4) is 0 Å². The second-order valence-corrected chi connectivity index (χ2v) is 5.17. The maximum atomic E-state index is 11.7. The number of piperidine rings is 1. The van der Waals surface area contributed by atoms with E-state index in [0.717, 1.165) is 32.5 Å². The molecule has 0 aromatic carbocycles. The van der Waals surface area contributed by atoms with Gasteiger partial charge in [-0.05, 0) is 39.2 Å². The first-order valence-electron chi connectivity index (χ1n) is 6.91. The summed E-state index contributed by atoms with van der Waals surface area (Å²) >= 11 is 0. The van der Waals surface area contributed by atoms with Gasteiger partial charge in [0.15, 0.2) is 0 Å². The Labute approximate surface area is 104 Å². The minimum atomic E-state index is -0.186. The predicted molar refractivity (Wildman–Crippen MR) is 66.9 cm³/mol. The molecular formula is C13H24N2O2. The van der Waals surface area contributed by atoms with E-state index in [-0.39, 0.29) is 12.0 Å². The third kappa shape index (κ3) is 3.68. The van der Waals surface area contributed by atoms with Gasteiger partial charge in [0.2, 0.25) is 5.91 Å². The number of hydrogen-bond acceptors (Lipinski definition) is 3. The van der Waals surface area contributed by atoms with Crippen molar-refractivity contribution in [2.24, 2.45) is 0 Å². The molecule has 0 aromatic heterocycles. The standard InChI is InChI=1S/C13H24N2O2/c1-11-5-2-3-8-15(11)9-7-14-13(16)12-6-4-10-17-12/h11-12H,2-10H2,1H3,(H,14,16).